The zero-order chi connectivity index (χ0) is 18.1. The topological polar surface area (TPSA) is 95.7 Å². The molecule has 1 aliphatic heterocycles. The van der Waals surface area contributed by atoms with E-state index in [4.69, 9.17) is 10.8 Å². The summed E-state index contributed by atoms with van der Waals surface area (Å²) in [5.41, 5.74) is 7.98. The number of nitrogens with two attached hydrogens (primary N) is 1. The van der Waals surface area contributed by atoms with Crippen LogP contribution in [-0.4, -0.2) is 41.3 Å². The maximum atomic E-state index is 12.0. The van der Waals surface area contributed by atoms with E-state index in [1.165, 1.54) is 18.4 Å². The molecule has 0 spiro atoms. The van der Waals surface area contributed by atoms with Crippen molar-refractivity contribution < 1.29 is 14.7 Å². The first kappa shape index (κ1) is 17.7. The highest BCUT2D eigenvalue weighted by atomic mass is 16.4. The first-order chi connectivity index (χ1) is 11.9. The normalized spacial score (nSPS) is 20.8. The second-order valence-electron chi connectivity index (χ2n) is 7.46. The Hall–Kier alpha value is -2.08. The quantitative estimate of drug-likeness (QED) is 0.707. The summed E-state index contributed by atoms with van der Waals surface area (Å²) in [5.74, 6) is 1.13. The molecule has 25 heavy (non-hydrogen) atoms. The van der Waals surface area contributed by atoms with Gasteiger partial charge in [-0.3, -0.25) is 9.69 Å². The Morgan fingerprint density at radius 1 is 1.20 bits per heavy atom. The van der Waals surface area contributed by atoms with E-state index in [1.807, 2.05) is 30.9 Å². The van der Waals surface area contributed by atoms with Crippen molar-refractivity contribution >= 4 is 12.0 Å². The Kier molecular flexibility index (Phi) is 4.99. The molecule has 1 aliphatic carbocycles. The van der Waals surface area contributed by atoms with Crippen molar-refractivity contribution in [3.63, 3.8) is 0 Å². The van der Waals surface area contributed by atoms with Gasteiger partial charge in [-0.15, -0.1) is 0 Å². The summed E-state index contributed by atoms with van der Waals surface area (Å²) < 4.78 is 0. The molecule has 1 radical (unpaired) electrons. The number of carboxylic acid groups (broad SMARTS) is 1. The number of likely N-dealkylation sites (tertiary alicyclic amines) is 1. The maximum absolute atomic E-state index is 12.0. The van der Waals surface area contributed by atoms with E-state index in [0.29, 0.717) is 19.0 Å². The van der Waals surface area contributed by atoms with E-state index in [1.54, 1.807) is 0 Å². The molecule has 2 fully saturated rings. The molecule has 0 aromatic heterocycles. The minimum absolute atomic E-state index is 0.113. The summed E-state index contributed by atoms with van der Waals surface area (Å²) in [6, 6.07) is 8.27. The van der Waals surface area contributed by atoms with Gasteiger partial charge in [0.25, 0.3) is 0 Å². The highest BCUT2D eigenvalue weighted by Gasteiger charge is 2.41. The second-order valence-corrected chi connectivity index (χ2v) is 7.46. The van der Waals surface area contributed by atoms with Crippen LogP contribution >= 0.6 is 0 Å². The Labute approximate surface area is 148 Å². The summed E-state index contributed by atoms with van der Waals surface area (Å²) in [6.07, 6.45) is 1.14. The van der Waals surface area contributed by atoms with Gasteiger partial charge in [-0.1, -0.05) is 38.1 Å². The van der Waals surface area contributed by atoms with Gasteiger partial charge in [0.2, 0.25) is 5.91 Å². The van der Waals surface area contributed by atoms with Gasteiger partial charge >= 0.3 is 6.09 Å². The van der Waals surface area contributed by atoms with E-state index >= 15 is 0 Å². The minimum Gasteiger partial charge on any atom is -0.465 e. The van der Waals surface area contributed by atoms with Crippen LogP contribution in [0, 0.1) is 11.8 Å². The fourth-order valence-electron chi connectivity index (χ4n) is 3.75. The van der Waals surface area contributed by atoms with Crippen molar-refractivity contribution in [3.05, 3.63) is 41.3 Å². The number of nitrogens with zero attached hydrogens (tertiary/aromatic N) is 1. The van der Waals surface area contributed by atoms with Crippen molar-refractivity contribution in [2.45, 2.75) is 44.7 Å². The van der Waals surface area contributed by atoms with Crippen LogP contribution in [0.3, 0.4) is 0 Å². The number of benzene rings is 1. The lowest BCUT2D eigenvalue weighted by atomic mass is 9.79. The number of carbonyl (C=O) groups excluding carboxylic acids is 1. The summed E-state index contributed by atoms with van der Waals surface area (Å²) >= 11 is 0. The molecule has 135 valence electrons. The Bertz CT molecular complexity index is 634. The van der Waals surface area contributed by atoms with Gasteiger partial charge in [0.15, 0.2) is 0 Å². The molecule has 1 aromatic rings. The van der Waals surface area contributed by atoms with Crippen molar-refractivity contribution in [3.8, 4) is 0 Å². The molecule has 1 saturated heterocycles. The molecule has 1 saturated carbocycles. The molecule has 6 heteroatoms. The van der Waals surface area contributed by atoms with Crippen LogP contribution in [-0.2, 0) is 4.79 Å². The van der Waals surface area contributed by atoms with Gasteiger partial charge in [-0.2, -0.15) is 0 Å². The van der Waals surface area contributed by atoms with Crippen LogP contribution in [0.5, 0.6) is 0 Å². The fourth-order valence-corrected chi connectivity index (χ4v) is 3.75. The van der Waals surface area contributed by atoms with Crippen LogP contribution in [0.4, 0.5) is 4.79 Å². The molecular weight excluding hydrogens is 318 g/mol. The van der Waals surface area contributed by atoms with E-state index in [9.17, 15) is 9.59 Å². The second kappa shape index (κ2) is 7.04. The SMILES string of the molecule is C[C](C)C(NC(=O)O)N1CC(C(C(N)=O)c2ccc(C3CC3)cc2)C1. The number of carbonyl (C=O) groups is 2. The minimum atomic E-state index is -1.04. The third-order valence-corrected chi connectivity index (χ3v) is 5.23. The lowest BCUT2D eigenvalue weighted by molar-refractivity contribution is -0.122. The lowest BCUT2D eigenvalue weighted by Gasteiger charge is -2.47. The van der Waals surface area contributed by atoms with Crippen molar-refractivity contribution in [2.75, 3.05) is 13.1 Å². The fraction of sp³-hybridized carbons (Fsp3) is 0.526. The van der Waals surface area contributed by atoms with Crippen LogP contribution in [0.2, 0.25) is 0 Å². The molecule has 4 N–H and O–H groups in total. The van der Waals surface area contributed by atoms with Crippen LogP contribution < -0.4 is 11.1 Å². The molecule has 2 atom stereocenters. The van der Waals surface area contributed by atoms with Crippen molar-refractivity contribution in [2.24, 2.45) is 11.7 Å². The van der Waals surface area contributed by atoms with E-state index in [-0.39, 0.29) is 23.9 Å². The van der Waals surface area contributed by atoms with Gasteiger partial charge in [0.1, 0.15) is 0 Å². The first-order valence-corrected chi connectivity index (χ1v) is 8.79. The standard InChI is InChI=1S/C19H26N3O3/c1-11(2)18(21-19(24)25)22-9-15(10-22)16(17(20)23)14-7-5-13(6-8-14)12-3-4-12/h5-8,12,15-16,18,21H,3-4,9-10H2,1-2H3,(H2,20,23)(H,24,25). The Morgan fingerprint density at radius 3 is 2.24 bits per heavy atom. The van der Waals surface area contributed by atoms with E-state index < -0.39 is 6.09 Å². The number of primary amides is 1. The lowest BCUT2D eigenvalue weighted by Crippen LogP contribution is -2.61. The van der Waals surface area contributed by atoms with Gasteiger partial charge in [0.05, 0.1) is 12.1 Å². The Balaban J connectivity index is 1.66. The van der Waals surface area contributed by atoms with E-state index in [2.05, 4.69) is 17.4 Å². The smallest absolute Gasteiger partial charge is 0.405 e. The molecule has 2 aliphatic rings. The third kappa shape index (κ3) is 3.95. The molecule has 6 nitrogen and oxygen atoms in total. The first-order valence-electron chi connectivity index (χ1n) is 8.79. The predicted octanol–water partition coefficient (Wildman–Crippen LogP) is 2.27. The maximum Gasteiger partial charge on any atom is 0.405 e. The van der Waals surface area contributed by atoms with Crippen LogP contribution in [0.1, 0.15) is 49.7 Å². The average molecular weight is 344 g/mol. The summed E-state index contributed by atoms with van der Waals surface area (Å²) in [5, 5.41) is 11.5. The monoisotopic (exact) mass is 344 g/mol. The molecule has 1 heterocycles. The summed E-state index contributed by atoms with van der Waals surface area (Å²) in [7, 11) is 0. The van der Waals surface area contributed by atoms with Gasteiger partial charge < -0.3 is 16.2 Å². The zero-order valence-corrected chi connectivity index (χ0v) is 14.7. The van der Waals surface area contributed by atoms with Crippen LogP contribution in [0.15, 0.2) is 24.3 Å². The zero-order valence-electron chi connectivity index (χ0n) is 14.7. The number of amides is 2. The number of nitrogens with one attached hydrogen (secondary N) is 1. The van der Waals surface area contributed by atoms with Crippen molar-refractivity contribution in [1.82, 2.24) is 10.2 Å². The average Bonchev–Trinajstić information content (AvgIpc) is 3.33. The van der Waals surface area contributed by atoms with Crippen LogP contribution in [0.25, 0.3) is 0 Å². The largest absolute Gasteiger partial charge is 0.465 e. The number of hydrogen-bond acceptors (Lipinski definition) is 3. The van der Waals surface area contributed by atoms with Gasteiger partial charge in [-0.05, 0) is 29.9 Å². The molecule has 2 amide bonds. The number of rotatable bonds is 7. The van der Waals surface area contributed by atoms with E-state index in [0.717, 1.165) is 11.5 Å². The van der Waals surface area contributed by atoms with Crippen molar-refractivity contribution in [1.29, 1.82) is 0 Å². The molecule has 3 rings (SSSR count). The summed E-state index contributed by atoms with van der Waals surface area (Å²) in [4.78, 5) is 25.0. The molecule has 2 unspecified atom stereocenters. The van der Waals surface area contributed by atoms with Gasteiger partial charge in [0, 0.05) is 24.9 Å². The predicted molar refractivity (Wildman–Crippen MR) is 95.0 cm³/mol. The highest BCUT2D eigenvalue weighted by Crippen LogP contribution is 2.41. The highest BCUT2D eigenvalue weighted by molar-refractivity contribution is 5.82. The number of hydrogen-bond donors (Lipinski definition) is 3. The molecule has 1 aromatic carbocycles. The van der Waals surface area contributed by atoms with Gasteiger partial charge in [-0.25, -0.2) is 4.79 Å². The third-order valence-electron chi connectivity index (χ3n) is 5.23. The molecular formula is C19H26N3O3. The summed E-state index contributed by atoms with van der Waals surface area (Å²) in [6.45, 7) is 5.09. The Morgan fingerprint density at radius 2 is 1.80 bits per heavy atom. The molecule has 0 bridgehead atoms.